The van der Waals surface area contributed by atoms with E-state index in [1.165, 1.54) is 20.4 Å². The molecule has 4 rings (SSSR count). The van der Waals surface area contributed by atoms with Gasteiger partial charge in [0.15, 0.2) is 0 Å². The first kappa shape index (κ1) is 18.8. The minimum absolute atomic E-state index is 0.226. The Morgan fingerprint density at radius 3 is 2.54 bits per heavy atom. The summed E-state index contributed by atoms with van der Waals surface area (Å²) < 4.78 is 2.69. The van der Waals surface area contributed by atoms with Gasteiger partial charge in [0.2, 0.25) is 0 Å². The first-order valence-corrected chi connectivity index (χ1v) is 12.4. The van der Waals surface area contributed by atoms with Crippen molar-refractivity contribution in [1.29, 1.82) is 0 Å². The molecule has 1 unspecified atom stereocenters. The number of thiophene rings is 1. The molecule has 0 amide bonds. The van der Waals surface area contributed by atoms with Gasteiger partial charge in [-0.1, -0.05) is 11.8 Å². The molecule has 2 aliphatic heterocycles. The zero-order valence-corrected chi connectivity index (χ0v) is 18.8. The van der Waals surface area contributed by atoms with Crippen molar-refractivity contribution in [2.45, 2.75) is 43.4 Å². The highest BCUT2D eigenvalue weighted by atomic mass is 32.2. The van der Waals surface area contributed by atoms with Gasteiger partial charge in [-0.15, -0.1) is 23.1 Å². The van der Waals surface area contributed by atoms with Crippen molar-refractivity contribution < 1.29 is 4.74 Å². The monoisotopic (exact) mass is 442 g/mol. The Morgan fingerprint density at radius 2 is 1.92 bits per heavy atom. The Morgan fingerprint density at radius 1 is 1.19 bits per heavy atom. The SMILES string of the molecule is CC1(C)N([O-])C(c2ccc(C3=CSC(c4scc[s+]4)S3)s2)=[N+]([O-])C1(C)C. The van der Waals surface area contributed by atoms with E-state index in [4.69, 9.17) is 0 Å². The Kier molecular flexibility index (Phi) is 4.69. The van der Waals surface area contributed by atoms with Crippen LogP contribution in [-0.2, 0) is 0 Å². The minimum Gasteiger partial charge on any atom is -0.714 e. The maximum Gasteiger partial charge on any atom is 0.289 e. The van der Waals surface area contributed by atoms with Crippen LogP contribution in [-0.4, -0.2) is 26.7 Å². The van der Waals surface area contributed by atoms with Gasteiger partial charge < -0.3 is 10.4 Å². The molecule has 0 bridgehead atoms. The topological polar surface area (TPSA) is 52.4 Å². The summed E-state index contributed by atoms with van der Waals surface area (Å²) >= 11 is 8.76. The molecular weight excluding hydrogens is 425 g/mol. The minimum atomic E-state index is -0.781. The first-order chi connectivity index (χ1) is 12.2. The highest BCUT2D eigenvalue weighted by Gasteiger charge is 2.54. The van der Waals surface area contributed by atoms with E-state index in [1.54, 1.807) is 22.7 Å². The van der Waals surface area contributed by atoms with Crippen molar-refractivity contribution >= 4 is 68.3 Å². The molecule has 2 aromatic rings. The molecule has 0 radical (unpaired) electrons. The van der Waals surface area contributed by atoms with Crippen molar-refractivity contribution in [3.63, 3.8) is 0 Å². The van der Waals surface area contributed by atoms with Crippen LogP contribution in [0.4, 0.5) is 0 Å². The highest BCUT2D eigenvalue weighted by molar-refractivity contribution is 8.25. The molecule has 1 atom stereocenters. The Bertz CT molecular complexity index is 898. The molecule has 0 fully saturated rings. The van der Waals surface area contributed by atoms with Gasteiger partial charge in [0.25, 0.3) is 10.0 Å². The smallest absolute Gasteiger partial charge is 0.289 e. The molecule has 0 N–H and O–H groups in total. The van der Waals surface area contributed by atoms with Crippen LogP contribution in [0.5, 0.6) is 0 Å². The summed E-state index contributed by atoms with van der Waals surface area (Å²) in [5.74, 6) is 0.226. The average Bonchev–Trinajstić information content (AvgIpc) is 3.34. The fourth-order valence-corrected chi connectivity index (χ4v) is 8.88. The van der Waals surface area contributed by atoms with E-state index in [9.17, 15) is 10.4 Å². The maximum absolute atomic E-state index is 12.8. The van der Waals surface area contributed by atoms with Crippen LogP contribution in [0.25, 0.3) is 4.91 Å². The average molecular weight is 443 g/mol. The Balaban J connectivity index is 1.61. The first-order valence-electron chi connectivity index (χ1n) is 8.03. The predicted molar refractivity (Wildman–Crippen MR) is 118 cm³/mol. The number of amidine groups is 1. The zero-order chi connectivity index (χ0) is 18.7. The van der Waals surface area contributed by atoms with Crippen molar-refractivity contribution in [3.05, 3.63) is 52.7 Å². The Hall–Kier alpha value is -0.580. The van der Waals surface area contributed by atoms with Crippen molar-refractivity contribution in [1.82, 2.24) is 5.06 Å². The van der Waals surface area contributed by atoms with Gasteiger partial charge in [0.05, 0.1) is 22.7 Å². The molecule has 26 heavy (non-hydrogen) atoms. The van der Waals surface area contributed by atoms with Crippen LogP contribution in [0, 0.1) is 10.4 Å². The zero-order valence-electron chi connectivity index (χ0n) is 14.7. The van der Waals surface area contributed by atoms with Crippen LogP contribution in [0.1, 0.15) is 46.2 Å². The summed E-state index contributed by atoms with van der Waals surface area (Å²) in [5.41, 5.74) is -1.56. The summed E-state index contributed by atoms with van der Waals surface area (Å²) in [6.45, 7) is 7.30. The maximum atomic E-state index is 12.8. The van der Waals surface area contributed by atoms with Gasteiger partial charge in [-0.3, -0.25) is 9.80 Å². The van der Waals surface area contributed by atoms with E-state index >= 15 is 0 Å². The second-order valence-corrected chi connectivity index (χ2v) is 12.8. The molecule has 0 spiro atoms. The summed E-state index contributed by atoms with van der Waals surface area (Å²) in [5, 5.41) is 32.9. The molecule has 9 heteroatoms. The second-order valence-electron chi connectivity index (χ2n) is 7.09. The third-order valence-electron chi connectivity index (χ3n) is 5.12. The predicted octanol–water partition coefficient (Wildman–Crippen LogP) is 6.26. The van der Waals surface area contributed by atoms with Gasteiger partial charge in [0, 0.05) is 9.78 Å². The fourth-order valence-electron chi connectivity index (χ4n) is 2.74. The van der Waals surface area contributed by atoms with Crippen molar-refractivity contribution in [2.24, 2.45) is 0 Å². The van der Waals surface area contributed by atoms with Crippen molar-refractivity contribution in [3.8, 4) is 0 Å². The lowest BCUT2D eigenvalue weighted by Gasteiger charge is -2.38. The second kappa shape index (κ2) is 6.49. The van der Waals surface area contributed by atoms with Gasteiger partial charge in [-0.25, -0.2) is 0 Å². The van der Waals surface area contributed by atoms with Crippen LogP contribution in [0.3, 0.4) is 0 Å². The molecule has 138 valence electrons. The quantitative estimate of drug-likeness (QED) is 0.319. The molecule has 2 aromatic heterocycles. The number of thioether (sulfide) groups is 2. The molecule has 2 aliphatic rings. The molecular formula is C17H18N2O2S5. The lowest BCUT2D eigenvalue weighted by atomic mass is 9.84. The molecule has 0 saturated carbocycles. The lowest BCUT2D eigenvalue weighted by Crippen LogP contribution is -2.52. The van der Waals surface area contributed by atoms with Gasteiger partial charge in [-0.05, 0) is 45.2 Å². The van der Waals surface area contributed by atoms with Crippen molar-refractivity contribution in [2.75, 3.05) is 0 Å². The summed E-state index contributed by atoms with van der Waals surface area (Å²) in [7, 11) is 0. The van der Waals surface area contributed by atoms with Gasteiger partial charge >= 0.3 is 0 Å². The van der Waals surface area contributed by atoms with E-state index in [0.717, 1.165) is 19.6 Å². The number of rotatable bonds is 3. The number of nitrogens with zero attached hydrogens (tertiary/aromatic N) is 2. The standard InChI is InChI=1S/C17H18N2O2S5/c1-16(2)17(3,4)19(21)13(18(16)20)11-6-5-10(25-11)12-9-24-15(26-12)14-22-7-8-23-14/h5-9,15H,1-4H3. The molecule has 4 heterocycles. The Labute approximate surface area is 173 Å². The largest absolute Gasteiger partial charge is 0.714 e. The normalized spacial score (nSPS) is 24.4. The summed E-state index contributed by atoms with van der Waals surface area (Å²) in [6.07, 6.45) is 0. The third kappa shape index (κ3) is 2.75. The lowest BCUT2D eigenvalue weighted by molar-refractivity contribution is -0.539. The van der Waals surface area contributed by atoms with E-state index in [1.807, 2.05) is 63.4 Å². The summed E-state index contributed by atoms with van der Waals surface area (Å²) in [4.78, 5) is 3.06. The van der Waals surface area contributed by atoms with Crippen LogP contribution >= 0.6 is 57.5 Å². The van der Waals surface area contributed by atoms with Crippen LogP contribution in [0.2, 0.25) is 0 Å². The van der Waals surface area contributed by atoms with Crippen LogP contribution in [0.15, 0.2) is 28.3 Å². The van der Waals surface area contributed by atoms with Gasteiger partial charge in [-0.2, -0.15) is 0 Å². The molecule has 0 saturated heterocycles. The molecule has 0 aromatic carbocycles. The van der Waals surface area contributed by atoms with E-state index in [-0.39, 0.29) is 5.84 Å². The van der Waals surface area contributed by atoms with Gasteiger partial charge in [0.1, 0.15) is 31.3 Å². The molecule has 4 nitrogen and oxygen atoms in total. The fraction of sp³-hybridized carbons (Fsp3) is 0.412. The number of hydrogen-bond donors (Lipinski definition) is 0. The highest BCUT2D eigenvalue weighted by Crippen LogP contribution is 2.57. The molecule has 0 aliphatic carbocycles. The third-order valence-corrected chi connectivity index (χ3v) is 11.9. The van der Waals surface area contributed by atoms with E-state index in [2.05, 4.69) is 16.2 Å². The number of hydroxylamine groups is 3. The number of hydrogen-bond acceptors (Lipinski definition) is 7. The van der Waals surface area contributed by atoms with E-state index < -0.39 is 11.1 Å². The summed E-state index contributed by atoms with van der Waals surface area (Å²) in [6, 6.07) is 3.92. The van der Waals surface area contributed by atoms with Crippen LogP contribution < -0.4 is 0 Å². The van der Waals surface area contributed by atoms with E-state index in [0.29, 0.717) is 4.58 Å².